The summed E-state index contributed by atoms with van der Waals surface area (Å²) in [4.78, 5) is 8.36. The van der Waals surface area contributed by atoms with Crippen molar-refractivity contribution in [1.82, 2.24) is 0 Å². The summed E-state index contributed by atoms with van der Waals surface area (Å²) in [6.07, 6.45) is 3.25. The second kappa shape index (κ2) is 11.2. The molecule has 0 spiro atoms. The van der Waals surface area contributed by atoms with E-state index < -0.39 is 0 Å². The van der Waals surface area contributed by atoms with E-state index in [1.807, 2.05) is 12.1 Å². The van der Waals surface area contributed by atoms with Crippen molar-refractivity contribution in [3.63, 3.8) is 0 Å². The summed E-state index contributed by atoms with van der Waals surface area (Å²) in [6, 6.07) is 3.67. The van der Waals surface area contributed by atoms with E-state index in [1.54, 1.807) is 12.5 Å². The Morgan fingerprint density at radius 2 is 1.78 bits per heavy atom. The Bertz CT molecular complexity index is 103. The number of rotatable bonds is 0. The third-order valence-electron chi connectivity index (χ3n) is 0.425. The van der Waals surface area contributed by atoms with E-state index in [2.05, 4.69) is 4.42 Å². The van der Waals surface area contributed by atoms with Crippen molar-refractivity contribution in [2.24, 2.45) is 0 Å². The van der Waals surface area contributed by atoms with Crippen LogP contribution in [0.1, 0.15) is 1.43 Å². The molecule has 0 aromatic carbocycles. The number of hydrogen-bond donors (Lipinski definition) is 1. The van der Waals surface area contributed by atoms with Crippen molar-refractivity contribution in [3.05, 3.63) is 24.7 Å². The van der Waals surface area contributed by atoms with Gasteiger partial charge in [0, 0.05) is 0 Å². The molecule has 1 heterocycles. The van der Waals surface area contributed by atoms with E-state index in [1.165, 1.54) is 0 Å². The van der Waals surface area contributed by atoms with Gasteiger partial charge in [-0.25, -0.2) is 0 Å². The third kappa shape index (κ3) is 11.8. The molecule has 46 valence electrons. The van der Waals surface area contributed by atoms with Gasteiger partial charge in [0.1, 0.15) is 0 Å². The summed E-state index contributed by atoms with van der Waals surface area (Å²) in [5.74, 6) is 0. The van der Waals surface area contributed by atoms with Crippen LogP contribution in [0.3, 0.4) is 0 Å². The maximum Gasteiger partial charge on any atom is 1.00 e. The number of carboxylic acid groups (broad SMARTS) is 1. The monoisotopic (exact) mass is 154 g/mol. The van der Waals surface area contributed by atoms with Gasteiger partial charge in [0.05, 0.1) is 12.5 Å². The third-order valence-corrected chi connectivity index (χ3v) is 0.425. The normalized spacial score (nSPS) is 5.78. The average Bonchev–Trinajstić information content (AvgIpc) is 2.17. The maximum atomic E-state index is 8.36. The molecule has 0 bridgehead atoms. The molecule has 3 nitrogen and oxygen atoms in total. The topological polar surface area (TPSA) is 50.4 Å². The van der Waals surface area contributed by atoms with E-state index in [-0.39, 0.29) is 59.3 Å². The van der Waals surface area contributed by atoms with Gasteiger partial charge in [-0.1, -0.05) is 0 Å². The van der Waals surface area contributed by atoms with Gasteiger partial charge in [-0.2, -0.15) is 0 Å². The summed E-state index contributed by atoms with van der Waals surface area (Å²) in [7, 11) is 0. The van der Waals surface area contributed by atoms with Crippen LogP contribution in [0.15, 0.2) is 29.1 Å². The summed E-state index contributed by atoms with van der Waals surface area (Å²) in [6.45, 7) is -0.250. The zero-order chi connectivity index (χ0) is 6.24. The SMILES string of the molecule is O=CO.[H-].[K+].c1ccoc1. The first-order valence-corrected chi connectivity index (χ1v) is 1.97. The molecule has 0 unspecified atom stereocenters. The molecule has 0 saturated heterocycles. The molecule has 0 fully saturated rings. The number of hydrogen-bond acceptors (Lipinski definition) is 2. The van der Waals surface area contributed by atoms with Gasteiger partial charge < -0.3 is 11.0 Å². The van der Waals surface area contributed by atoms with Gasteiger partial charge in [-0.15, -0.1) is 0 Å². The van der Waals surface area contributed by atoms with Gasteiger partial charge >= 0.3 is 51.4 Å². The second-order valence-electron chi connectivity index (χ2n) is 0.899. The molecular weight excluding hydrogens is 147 g/mol. The van der Waals surface area contributed by atoms with Crippen LogP contribution in [0.4, 0.5) is 0 Å². The Kier molecular flexibility index (Phi) is 15.1. The Balaban J connectivity index is -0.0000000900. The molecule has 0 aliphatic heterocycles. The summed E-state index contributed by atoms with van der Waals surface area (Å²) < 4.78 is 4.58. The maximum absolute atomic E-state index is 8.36. The Morgan fingerprint density at radius 3 is 1.89 bits per heavy atom. The van der Waals surface area contributed by atoms with Gasteiger partial charge in [-0.3, -0.25) is 4.79 Å². The zero-order valence-corrected chi connectivity index (χ0v) is 8.27. The van der Waals surface area contributed by atoms with E-state index in [0.29, 0.717) is 0 Å². The molecule has 0 amide bonds. The van der Waals surface area contributed by atoms with Crippen molar-refractivity contribution in [3.8, 4) is 0 Å². The summed E-state index contributed by atoms with van der Waals surface area (Å²) in [5.41, 5.74) is 0. The second-order valence-corrected chi connectivity index (χ2v) is 0.899. The molecule has 0 aliphatic rings. The molecule has 4 heteroatoms. The van der Waals surface area contributed by atoms with Crippen LogP contribution in [-0.4, -0.2) is 11.6 Å². The predicted octanol–water partition coefficient (Wildman–Crippen LogP) is -1.90. The first-order chi connectivity index (χ1) is 3.91. The van der Waals surface area contributed by atoms with Gasteiger partial charge in [-0.05, 0) is 12.1 Å². The zero-order valence-electron chi connectivity index (χ0n) is 6.15. The minimum absolute atomic E-state index is 0. The molecule has 0 saturated carbocycles. The van der Waals surface area contributed by atoms with Crippen molar-refractivity contribution in [2.75, 3.05) is 0 Å². The van der Waals surface area contributed by atoms with Crippen LogP contribution >= 0.6 is 0 Å². The van der Waals surface area contributed by atoms with E-state index in [4.69, 9.17) is 9.90 Å². The molecule has 9 heavy (non-hydrogen) atoms. The van der Waals surface area contributed by atoms with Crippen molar-refractivity contribution < 1.29 is 67.1 Å². The van der Waals surface area contributed by atoms with Crippen LogP contribution in [0.5, 0.6) is 0 Å². The summed E-state index contributed by atoms with van der Waals surface area (Å²) in [5, 5.41) is 6.89. The van der Waals surface area contributed by atoms with Gasteiger partial charge in [0.15, 0.2) is 0 Å². The molecular formula is C5H7KO3. The summed E-state index contributed by atoms with van der Waals surface area (Å²) >= 11 is 0. The molecule has 1 N–H and O–H groups in total. The number of furan rings is 1. The largest absolute Gasteiger partial charge is 1.00 e. The van der Waals surface area contributed by atoms with Crippen molar-refractivity contribution in [1.29, 1.82) is 0 Å². The molecule has 1 aromatic rings. The van der Waals surface area contributed by atoms with Crippen molar-refractivity contribution >= 4 is 6.47 Å². The van der Waals surface area contributed by atoms with Gasteiger partial charge in [0.2, 0.25) is 0 Å². The fourth-order valence-corrected chi connectivity index (χ4v) is 0.227. The fourth-order valence-electron chi connectivity index (χ4n) is 0.227. The Labute approximate surface area is 97.0 Å². The minimum Gasteiger partial charge on any atom is -1.00 e. The Morgan fingerprint density at radius 1 is 1.44 bits per heavy atom. The van der Waals surface area contributed by atoms with Crippen molar-refractivity contribution in [2.45, 2.75) is 0 Å². The van der Waals surface area contributed by atoms with Crippen LogP contribution in [0.2, 0.25) is 0 Å². The van der Waals surface area contributed by atoms with Crippen LogP contribution in [0, 0.1) is 0 Å². The van der Waals surface area contributed by atoms with Crippen LogP contribution < -0.4 is 51.4 Å². The predicted molar refractivity (Wildman–Crippen MR) is 28.5 cm³/mol. The van der Waals surface area contributed by atoms with Crippen LogP contribution in [0.25, 0.3) is 0 Å². The first kappa shape index (κ1) is 12.1. The van der Waals surface area contributed by atoms with Gasteiger partial charge in [0.25, 0.3) is 6.47 Å². The standard InChI is InChI=1S/C4H4O.CH2O2.K.H/c1-2-4-5-3-1;2-1-3;;/h1-4H;1H,(H,2,3);;/q;;+1;-1. The molecule has 0 radical (unpaired) electrons. The molecule has 0 atom stereocenters. The van der Waals surface area contributed by atoms with Crippen LogP contribution in [-0.2, 0) is 4.79 Å². The van der Waals surface area contributed by atoms with E-state index >= 15 is 0 Å². The first-order valence-electron chi connectivity index (χ1n) is 1.97. The number of carbonyl (C=O) groups is 1. The molecule has 1 rings (SSSR count). The molecule has 1 aromatic heterocycles. The Hall–Kier alpha value is 0.386. The van der Waals surface area contributed by atoms with E-state index in [9.17, 15) is 0 Å². The average molecular weight is 154 g/mol. The smallest absolute Gasteiger partial charge is 1.00 e. The molecule has 0 aliphatic carbocycles. The van der Waals surface area contributed by atoms with E-state index in [0.717, 1.165) is 0 Å². The minimum atomic E-state index is -0.250. The fraction of sp³-hybridized carbons (Fsp3) is 0. The quantitative estimate of drug-likeness (QED) is 0.351.